The van der Waals surface area contributed by atoms with Crippen LogP contribution in [0, 0.1) is 5.92 Å². The van der Waals surface area contributed by atoms with Gasteiger partial charge in [-0.1, -0.05) is 35.0 Å². The van der Waals surface area contributed by atoms with Gasteiger partial charge >= 0.3 is 0 Å². The van der Waals surface area contributed by atoms with E-state index < -0.39 is 0 Å². The second kappa shape index (κ2) is 4.96. The number of ketones is 1. The van der Waals surface area contributed by atoms with Crippen molar-refractivity contribution in [2.24, 2.45) is 5.92 Å². The van der Waals surface area contributed by atoms with Crippen LogP contribution >= 0.6 is 15.9 Å². The Morgan fingerprint density at radius 3 is 2.69 bits per heavy atom. The van der Waals surface area contributed by atoms with Crippen molar-refractivity contribution in [3.63, 3.8) is 0 Å². The van der Waals surface area contributed by atoms with Gasteiger partial charge in [0.25, 0.3) is 0 Å². The van der Waals surface area contributed by atoms with E-state index >= 15 is 0 Å². The summed E-state index contributed by atoms with van der Waals surface area (Å²) in [5, 5.41) is 0. The van der Waals surface area contributed by atoms with Crippen LogP contribution in [-0.4, -0.2) is 5.78 Å². The smallest absolute Gasteiger partial charge is 0.161 e. The van der Waals surface area contributed by atoms with E-state index in [4.69, 9.17) is 0 Å². The molecule has 1 aromatic rings. The zero-order valence-corrected chi connectivity index (χ0v) is 11.0. The van der Waals surface area contributed by atoms with Gasteiger partial charge in [0.2, 0.25) is 0 Å². The molecule has 0 N–H and O–H groups in total. The van der Waals surface area contributed by atoms with Gasteiger partial charge in [-0.05, 0) is 48.6 Å². The lowest BCUT2D eigenvalue weighted by Crippen LogP contribution is -2.18. The molecule has 0 spiro atoms. The minimum Gasteiger partial charge on any atom is -0.294 e. The summed E-state index contributed by atoms with van der Waals surface area (Å²) < 4.78 is 1.07. The van der Waals surface area contributed by atoms with E-state index in [0.29, 0.717) is 5.78 Å². The molecular weight excluding hydrogens is 264 g/mol. The van der Waals surface area contributed by atoms with Crippen LogP contribution in [-0.2, 0) is 4.79 Å². The molecule has 1 aliphatic rings. The largest absolute Gasteiger partial charge is 0.294 e. The number of rotatable bonds is 1. The number of halogens is 1. The average molecular weight is 279 g/mol. The third kappa shape index (κ3) is 2.62. The van der Waals surface area contributed by atoms with E-state index in [-0.39, 0.29) is 5.92 Å². The standard InChI is InChI=1S/C14H15BrO/c1-10-3-2-4-12(14(10)16)9-11-5-7-13(15)8-6-11/h5-10H,2-4H2,1H3/b12-9+/t10-/m0/s1. The summed E-state index contributed by atoms with van der Waals surface area (Å²) in [6, 6.07) is 8.07. The molecule has 0 aliphatic heterocycles. The molecule has 0 saturated heterocycles. The number of Topliss-reactive ketones (excluding diaryl/α,β-unsaturated/α-hetero) is 1. The highest BCUT2D eigenvalue weighted by molar-refractivity contribution is 9.10. The molecule has 0 radical (unpaired) electrons. The van der Waals surface area contributed by atoms with Gasteiger partial charge in [0.1, 0.15) is 0 Å². The van der Waals surface area contributed by atoms with Crippen LogP contribution in [0.5, 0.6) is 0 Å². The van der Waals surface area contributed by atoms with E-state index in [1.165, 1.54) is 0 Å². The minimum atomic E-state index is 0.204. The van der Waals surface area contributed by atoms with Crippen molar-refractivity contribution in [3.8, 4) is 0 Å². The molecule has 1 saturated carbocycles. The third-order valence-corrected chi connectivity index (χ3v) is 3.59. The summed E-state index contributed by atoms with van der Waals surface area (Å²) >= 11 is 3.40. The fourth-order valence-corrected chi connectivity index (χ4v) is 2.34. The first-order chi connectivity index (χ1) is 7.66. The lowest BCUT2D eigenvalue weighted by atomic mass is 9.84. The van der Waals surface area contributed by atoms with E-state index in [9.17, 15) is 4.79 Å². The Morgan fingerprint density at radius 1 is 1.31 bits per heavy atom. The lowest BCUT2D eigenvalue weighted by molar-refractivity contribution is -0.119. The number of carbonyl (C=O) groups excluding carboxylic acids is 1. The molecule has 1 atom stereocenters. The maximum absolute atomic E-state index is 11.9. The van der Waals surface area contributed by atoms with Crippen LogP contribution in [0.25, 0.3) is 6.08 Å². The molecule has 0 unspecified atom stereocenters. The van der Waals surface area contributed by atoms with Crippen molar-refractivity contribution in [2.75, 3.05) is 0 Å². The second-order valence-electron chi connectivity index (χ2n) is 4.38. The van der Waals surface area contributed by atoms with Crippen molar-refractivity contribution < 1.29 is 4.79 Å². The molecule has 0 bridgehead atoms. The molecule has 0 aromatic heterocycles. The van der Waals surface area contributed by atoms with Crippen LogP contribution in [0.1, 0.15) is 31.7 Å². The fourth-order valence-electron chi connectivity index (χ4n) is 2.07. The van der Waals surface area contributed by atoms with Crippen LogP contribution in [0.2, 0.25) is 0 Å². The minimum absolute atomic E-state index is 0.204. The molecular formula is C14H15BrO. The summed E-state index contributed by atoms with van der Waals surface area (Å²) in [4.78, 5) is 11.9. The fraction of sp³-hybridized carbons (Fsp3) is 0.357. The van der Waals surface area contributed by atoms with Crippen LogP contribution in [0.4, 0.5) is 0 Å². The molecule has 1 nitrogen and oxygen atoms in total. The van der Waals surface area contributed by atoms with E-state index in [1.807, 2.05) is 37.3 Å². The van der Waals surface area contributed by atoms with Gasteiger partial charge in [0.15, 0.2) is 5.78 Å². The molecule has 2 heteroatoms. The highest BCUT2D eigenvalue weighted by Gasteiger charge is 2.22. The predicted molar refractivity (Wildman–Crippen MR) is 70.1 cm³/mol. The quantitative estimate of drug-likeness (QED) is 0.703. The Balaban J connectivity index is 2.23. The summed E-state index contributed by atoms with van der Waals surface area (Å²) in [5.41, 5.74) is 2.10. The first-order valence-corrected chi connectivity index (χ1v) is 6.46. The molecule has 84 valence electrons. The summed E-state index contributed by atoms with van der Waals surface area (Å²) in [5.74, 6) is 0.532. The van der Waals surface area contributed by atoms with Crippen molar-refractivity contribution in [3.05, 3.63) is 39.9 Å². The van der Waals surface area contributed by atoms with Gasteiger partial charge in [-0.25, -0.2) is 0 Å². The SMILES string of the molecule is C[C@H]1CCC/C(=C\c2ccc(Br)cc2)C1=O. The number of allylic oxidation sites excluding steroid dienone is 1. The van der Waals surface area contributed by atoms with Gasteiger partial charge in [-0.2, -0.15) is 0 Å². The third-order valence-electron chi connectivity index (χ3n) is 3.06. The number of carbonyl (C=O) groups is 1. The highest BCUT2D eigenvalue weighted by Crippen LogP contribution is 2.26. The number of hydrogen-bond acceptors (Lipinski definition) is 1. The summed E-state index contributed by atoms with van der Waals surface area (Å²) in [6.07, 6.45) is 5.13. The zero-order chi connectivity index (χ0) is 11.5. The molecule has 2 rings (SSSR count). The summed E-state index contributed by atoms with van der Waals surface area (Å²) in [6.45, 7) is 2.02. The van der Waals surface area contributed by atoms with Crippen LogP contribution in [0.15, 0.2) is 34.3 Å². The Hall–Kier alpha value is -0.890. The van der Waals surface area contributed by atoms with Crippen LogP contribution < -0.4 is 0 Å². The Bertz CT molecular complexity index is 417. The highest BCUT2D eigenvalue weighted by atomic mass is 79.9. The molecule has 0 heterocycles. The second-order valence-corrected chi connectivity index (χ2v) is 5.29. The van der Waals surface area contributed by atoms with Gasteiger partial charge in [0, 0.05) is 10.4 Å². The first kappa shape index (κ1) is 11.6. The molecule has 1 aliphatic carbocycles. The van der Waals surface area contributed by atoms with Gasteiger partial charge < -0.3 is 0 Å². The number of benzene rings is 1. The van der Waals surface area contributed by atoms with Crippen molar-refractivity contribution in [1.82, 2.24) is 0 Å². The first-order valence-electron chi connectivity index (χ1n) is 5.67. The van der Waals surface area contributed by atoms with E-state index in [0.717, 1.165) is 34.9 Å². The topological polar surface area (TPSA) is 17.1 Å². The Morgan fingerprint density at radius 2 is 2.00 bits per heavy atom. The maximum atomic E-state index is 11.9. The van der Waals surface area contributed by atoms with Crippen molar-refractivity contribution >= 4 is 27.8 Å². The maximum Gasteiger partial charge on any atom is 0.161 e. The Kier molecular flexibility index (Phi) is 3.59. The monoisotopic (exact) mass is 278 g/mol. The number of hydrogen-bond donors (Lipinski definition) is 0. The molecule has 1 aromatic carbocycles. The lowest BCUT2D eigenvalue weighted by Gasteiger charge is -2.19. The van der Waals surface area contributed by atoms with Gasteiger partial charge in [-0.15, -0.1) is 0 Å². The van der Waals surface area contributed by atoms with E-state index in [2.05, 4.69) is 15.9 Å². The van der Waals surface area contributed by atoms with E-state index in [1.54, 1.807) is 0 Å². The van der Waals surface area contributed by atoms with Crippen LogP contribution in [0.3, 0.4) is 0 Å². The zero-order valence-electron chi connectivity index (χ0n) is 9.37. The molecule has 16 heavy (non-hydrogen) atoms. The average Bonchev–Trinajstić information content (AvgIpc) is 2.28. The van der Waals surface area contributed by atoms with Gasteiger partial charge in [0.05, 0.1) is 0 Å². The van der Waals surface area contributed by atoms with Crippen molar-refractivity contribution in [1.29, 1.82) is 0 Å². The summed E-state index contributed by atoms with van der Waals surface area (Å²) in [7, 11) is 0. The molecule has 1 fully saturated rings. The van der Waals surface area contributed by atoms with Crippen molar-refractivity contribution in [2.45, 2.75) is 26.2 Å². The normalized spacial score (nSPS) is 23.8. The van der Waals surface area contributed by atoms with Gasteiger partial charge in [-0.3, -0.25) is 4.79 Å². The predicted octanol–water partition coefficient (Wildman–Crippen LogP) is 4.22. The Labute approximate surface area is 105 Å². The molecule has 0 amide bonds.